The zero-order valence-electron chi connectivity index (χ0n) is 17.5. The fraction of sp³-hybridized carbons (Fsp3) is 0.333. The maximum absolute atomic E-state index is 11.1. The van der Waals surface area contributed by atoms with Gasteiger partial charge in [-0.2, -0.15) is 0 Å². The molecular weight excluding hydrogens is 378 g/mol. The van der Waals surface area contributed by atoms with Crippen LogP contribution in [0.25, 0.3) is 0 Å². The summed E-state index contributed by atoms with van der Waals surface area (Å²) in [6.07, 6.45) is 4.82. The van der Waals surface area contributed by atoms with Crippen molar-refractivity contribution in [3.8, 4) is 5.75 Å². The van der Waals surface area contributed by atoms with Crippen molar-refractivity contribution in [2.24, 2.45) is 5.73 Å². The second kappa shape index (κ2) is 10.1. The number of nitrogens with two attached hydrogens (primary N) is 1. The number of aliphatic hydroxyl groups is 1. The lowest BCUT2D eigenvalue weighted by molar-refractivity contribution is 0.0995. The molecule has 3 rings (SSSR count). The van der Waals surface area contributed by atoms with E-state index >= 15 is 0 Å². The van der Waals surface area contributed by atoms with Gasteiger partial charge in [-0.05, 0) is 50.3 Å². The van der Waals surface area contributed by atoms with Crippen molar-refractivity contribution in [2.45, 2.75) is 52.4 Å². The van der Waals surface area contributed by atoms with Crippen LogP contribution in [0.4, 0.5) is 0 Å². The van der Waals surface area contributed by atoms with Gasteiger partial charge in [0.1, 0.15) is 18.1 Å². The third-order valence-electron chi connectivity index (χ3n) is 4.94. The molecular formula is C24H29N3O3. The fourth-order valence-electron chi connectivity index (χ4n) is 3.61. The highest BCUT2D eigenvalue weighted by atomic mass is 16.5. The molecule has 1 aromatic heterocycles. The first kappa shape index (κ1) is 21.6. The third-order valence-corrected chi connectivity index (χ3v) is 4.94. The van der Waals surface area contributed by atoms with Crippen molar-refractivity contribution >= 4 is 5.91 Å². The highest BCUT2D eigenvalue weighted by Crippen LogP contribution is 2.22. The van der Waals surface area contributed by atoms with Gasteiger partial charge in [0.05, 0.1) is 12.4 Å². The number of rotatable bonds is 10. The smallest absolute Gasteiger partial charge is 0.268 e. The van der Waals surface area contributed by atoms with E-state index in [4.69, 9.17) is 10.5 Å². The van der Waals surface area contributed by atoms with E-state index in [2.05, 4.69) is 43.1 Å². The van der Waals surface area contributed by atoms with E-state index in [1.54, 1.807) is 10.8 Å². The molecule has 1 unspecified atom stereocenters. The number of aryl methyl sites for hydroxylation is 3. The van der Waals surface area contributed by atoms with Gasteiger partial charge in [-0.15, -0.1) is 0 Å². The summed E-state index contributed by atoms with van der Waals surface area (Å²) in [5.41, 5.74) is 10.2. The van der Waals surface area contributed by atoms with Gasteiger partial charge in [-0.3, -0.25) is 4.79 Å². The SMILES string of the molecule is Cc1cc(C)cc(COc2ccccc2CCCC(O)Cn2cnc(C(N)=O)c2)c1. The van der Waals surface area contributed by atoms with E-state index in [0.717, 1.165) is 29.7 Å². The lowest BCUT2D eigenvalue weighted by Gasteiger charge is -2.14. The van der Waals surface area contributed by atoms with E-state index in [0.29, 0.717) is 19.6 Å². The standard InChI is InChI=1S/C24H29N3O3/c1-17-10-18(2)12-19(11-17)15-30-23-9-4-3-6-20(23)7-5-8-21(28)13-27-14-22(24(25)29)26-16-27/h3-4,6,9-12,14,16,21,28H,5,7-8,13,15H2,1-2H3,(H2,25,29). The number of carbonyl (C=O) groups excluding carboxylic acids is 1. The summed E-state index contributed by atoms with van der Waals surface area (Å²) in [5.74, 6) is 0.313. The number of benzene rings is 2. The molecule has 6 heteroatoms. The molecule has 3 N–H and O–H groups in total. The average Bonchev–Trinajstić information content (AvgIpc) is 3.15. The van der Waals surface area contributed by atoms with E-state index in [1.165, 1.54) is 17.5 Å². The quantitative estimate of drug-likeness (QED) is 0.538. The molecule has 0 spiro atoms. The molecule has 1 heterocycles. The van der Waals surface area contributed by atoms with Gasteiger partial charge in [0.15, 0.2) is 0 Å². The Morgan fingerprint density at radius 3 is 2.63 bits per heavy atom. The summed E-state index contributed by atoms with van der Waals surface area (Å²) in [5, 5.41) is 10.3. The van der Waals surface area contributed by atoms with Crippen LogP contribution in [0.5, 0.6) is 5.75 Å². The topological polar surface area (TPSA) is 90.4 Å². The molecule has 6 nitrogen and oxygen atoms in total. The second-order valence-electron chi connectivity index (χ2n) is 7.76. The monoisotopic (exact) mass is 407 g/mol. The van der Waals surface area contributed by atoms with Gasteiger partial charge < -0.3 is 20.1 Å². The molecule has 158 valence electrons. The molecule has 3 aromatic rings. The Labute approximate surface area is 177 Å². The Hall–Kier alpha value is -3.12. The predicted molar refractivity (Wildman–Crippen MR) is 116 cm³/mol. The first-order valence-corrected chi connectivity index (χ1v) is 10.2. The molecule has 0 radical (unpaired) electrons. The number of hydrogen-bond donors (Lipinski definition) is 2. The minimum absolute atomic E-state index is 0.206. The number of nitrogens with zero attached hydrogens (tertiary/aromatic N) is 2. The summed E-state index contributed by atoms with van der Waals surface area (Å²) < 4.78 is 7.78. The van der Waals surface area contributed by atoms with Crippen LogP contribution in [0, 0.1) is 13.8 Å². The van der Waals surface area contributed by atoms with E-state index in [-0.39, 0.29) is 5.69 Å². The van der Waals surface area contributed by atoms with Crippen LogP contribution in [0.3, 0.4) is 0 Å². The maximum Gasteiger partial charge on any atom is 0.268 e. The largest absolute Gasteiger partial charge is 0.489 e. The summed E-state index contributed by atoms with van der Waals surface area (Å²) in [6, 6.07) is 14.5. The first-order chi connectivity index (χ1) is 14.4. The summed E-state index contributed by atoms with van der Waals surface area (Å²) in [7, 11) is 0. The zero-order chi connectivity index (χ0) is 21.5. The molecule has 0 fully saturated rings. The maximum atomic E-state index is 11.1. The van der Waals surface area contributed by atoms with Crippen molar-refractivity contribution in [1.82, 2.24) is 9.55 Å². The lowest BCUT2D eigenvalue weighted by atomic mass is 10.0. The third kappa shape index (κ3) is 6.19. The number of hydrogen-bond acceptors (Lipinski definition) is 4. The molecule has 0 aliphatic rings. The van der Waals surface area contributed by atoms with Crippen LogP contribution in [-0.2, 0) is 19.6 Å². The second-order valence-corrected chi connectivity index (χ2v) is 7.76. The summed E-state index contributed by atoms with van der Waals surface area (Å²) in [4.78, 5) is 15.0. The Bertz CT molecular complexity index is 977. The van der Waals surface area contributed by atoms with Crippen molar-refractivity contribution in [3.63, 3.8) is 0 Å². The molecule has 1 amide bonds. The van der Waals surface area contributed by atoms with Crippen LogP contribution >= 0.6 is 0 Å². The highest BCUT2D eigenvalue weighted by Gasteiger charge is 2.10. The molecule has 0 bridgehead atoms. The van der Waals surface area contributed by atoms with Crippen LogP contribution in [0.1, 0.15) is 45.6 Å². The molecule has 2 aromatic carbocycles. The van der Waals surface area contributed by atoms with Crippen LogP contribution < -0.4 is 10.5 Å². The minimum atomic E-state index is -0.569. The summed E-state index contributed by atoms with van der Waals surface area (Å²) in [6.45, 7) is 5.10. The number of aromatic nitrogens is 2. The molecule has 0 saturated heterocycles. The summed E-state index contributed by atoms with van der Waals surface area (Å²) >= 11 is 0. The Morgan fingerprint density at radius 2 is 1.93 bits per heavy atom. The molecule has 30 heavy (non-hydrogen) atoms. The van der Waals surface area contributed by atoms with E-state index in [1.807, 2.05) is 18.2 Å². The van der Waals surface area contributed by atoms with E-state index in [9.17, 15) is 9.90 Å². The van der Waals surface area contributed by atoms with Crippen LogP contribution in [0.15, 0.2) is 55.0 Å². The molecule has 1 atom stereocenters. The zero-order valence-corrected chi connectivity index (χ0v) is 17.5. The first-order valence-electron chi connectivity index (χ1n) is 10.2. The number of primary amides is 1. The van der Waals surface area contributed by atoms with Gasteiger partial charge >= 0.3 is 0 Å². The van der Waals surface area contributed by atoms with Crippen molar-refractivity contribution < 1.29 is 14.6 Å². The number of carbonyl (C=O) groups is 1. The van der Waals surface area contributed by atoms with Crippen molar-refractivity contribution in [1.29, 1.82) is 0 Å². The average molecular weight is 408 g/mol. The van der Waals surface area contributed by atoms with Crippen LogP contribution in [-0.4, -0.2) is 26.7 Å². The fourth-order valence-corrected chi connectivity index (χ4v) is 3.61. The Balaban J connectivity index is 1.51. The van der Waals surface area contributed by atoms with Gasteiger partial charge in [0.25, 0.3) is 5.91 Å². The van der Waals surface area contributed by atoms with Gasteiger partial charge in [0.2, 0.25) is 0 Å². The molecule has 0 aliphatic carbocycles. The lowest BCUT2D eigenvalue weighted by Crippen LogP contribution is -2.15. The van der Waals surface area contributed by atoms with E-state index < -0.39 is 12.0 Å². The minimum Gasteiger partial charge on any atom is -0.489 e. The number of para-hydroxylation sites is 1. The number of amides is 1. The number of imidazole rings is 1. The Morgan fingerprint density at radius 1 is 1.20 bits per heavy atom. The Kier molecular flexibility index (Phi) is 7.25. The van der Waals surface area contributed by atoms with Crippen molar-refractivity contribution in [2.75, 3.05) is 0 Å². The highest BCUT2D eigenvalue weighted by molar-refractivity contribution is 5.90. The number of aliphatic hydroxyl groups excluding tert-OH is 1. The van der Waals surface area contributed by atoms with Gasteiger partial charge in [0, 0.05) is 12.7 Å². The van der Waals surface area contributed by atoms with Crippen LogP contribution in [0.2, 0.25) is 0 Å². The van der Waals surface area contributed by atoms with Crippen molar-refractivity contribution in [3.05, 3.63) is 82.9 Å². The molecule has 0 aliphatic heterocycles. The van der Waals surface area contributed by atoms with Gasteiger partial charge in [-0.25, -0.2) is 4.98 Å². The predicted octanol–water partition coefficient (Wildman–Crippen LogP) is 3.56. The van der Waals surface area contributed by atoms with Gasteiger partial charge in [-0.1, -0.05) is 47.5 Å². The number of ether oxygens (including phenoxy) is 1. The molecule has 0 saturated carbocycles. The normalized spacial score (nSPS) is 12.0.